The van der Waals surface area contributed by atoms with Gasteiger partial charge in [0.05, 0.1) is 5.38 Å². The average Bonchev–Trinajstić information content (AvgIpc) is 2.85. The maximum Gasteiger partial charge on any atom is 0.449 e. The van der Waals surface area contributed by atoms with Crippen LogP contribution in [0.15, 0.2) is 33.9 Å². The zero-order valence-corrected chi connectivity index (χ0v) is 12.1. The number of hydrogen-bond acceptors (Lipinski definition) is 3. The van der Waals surface area contributed by atoms with Crippen LogP contribution in [0.1, 0.15) is 19.8 Å². The van der Waals surface area contributed by atoms with Crippen LogP contribution in [0.5, 0.6) is 0 Å². The average molecular weight is 318 g/mol. The predicted molar refractivity (Wildman–Crippen MR) is 76.6 cm³/mol. The fourth-order valence-electron chi connectivity index (χ4n) is 2.97. The quantitative estimate of drug-likeness (QED) is 0.584. The Morgan fingerprint density at radius 3 is 2.67 bits per heavy atom. The number of aliphatic imine (C=N–C) groups is 2. The van der Waals surface area contributed by atoms with Crippen LogP contribution < -0.4 is 5.32 Å². The standard InChI is InChI=1S/C14H15ClF3N3/c1-7-10(8-2-4-9(15)5-3-8)6-19-12-11(7)20-13(21-12)14(16,17)18/h2,4,6-9,11H,3,5H2,1H3,(H,19,20,21). The van der Waals surface area contributed by atoms with E-state index in [4.69, 9.17) is 11.6 Å². The molecule has 0 fully saturated rings. The highest BCUT2D eigenvalue weighted by molar-refractivity contribution is 6.21. The monoisotopic (exact) mass is 317 g/mol. The molecule has 0 aromatic carbocycles. The molecule has 0 aromatic heterocycles. The summed E-state index contributed by atoms with van der Waals surface area (Å²) in [7, 11) is 0. The summed E-state index contributed by atoms with van der Waals surface area (Å²) in [5.41, 5.74) is 1.03. The van der Waals surface area contributed by atoms with Gasteiger partial charge in [0.2, 0.25) is 5.84 Å². The lowest BCUT2D eigenvalue weighted by molar-refractivity contribution is -0.0607. The first-order valence-corrected chi connectivity index (χ1v) is 7.32. The van der Waals surface area contributed by atoms with Crippen molar-refractivity contribution in [1.29, 1.82) is 0 Å². The number of halogens is 4. The van der Waals surface area contributed by atoms with Gasteiger partial charge < -0.3 is 5.32 Å². The van der Waals surface area contributed by atoms with Crippen molar-refractivity contribution in [3.8, 4) is 0 Å². The lowest BCUT2D eigenvalue weighted by atomic mass is 9.79. The summed E-state index contributed by atoms with van der Waals surface area (Å²) in [6.45, 7) is 1.90. The van der Waals surface area contributed by atoms with Gasteiger partial charge in [-0.1, -0.05) is 19.1 Å². The van der Waals surface area contributed by atoms with Crippen LogP contribution >= 0.6 is 11.6 Å². The van der Waals surface area contributed by atoms with Gasteiger partial charge >= 0.3 is 6.18 Å². The van der Waals surface area contributed by atoms with E-state index < -0.39 is 18.1 Å². The highest BCUT2D eigenvalue weighted by Crippen LogP contribution is 2.36. The smallest absolute Gasteiger partial charge is 0.323 e. The molecule has 21 heavy (non-hydrogen) atoms. The van der Waals surface area contributed by atoms with Gasteiger partial charge in [-0.2, -0.15) is 13.2 Å². The van der Waals surface area contributed by atoms with E-state index in [2.05, 4.69) is 15.3 Å². The van der Waals surface area contributed by atoms with E-state index in [1.807, 2.05) is 19.1 Å². The molecule has 114 valence electrons. The molecule has 0 bridgehead atoms. The van der Waals surface area contributed by atoms with Crippen molar-refractivity contribution >= 4 is 23.3 Å². The fourth-order valence-corrected chi connectivity index (χ4v) is 3.18. The highest BCUT2D eigenvalue weighted by atomic mass is 35.5. The molecule has 3 aliphatic rings. The topological polar surface area (TPSA) is 36.8 Å². The van der Waals surface area contributed by atoms with Crippen LogP contribution in [-0.2, 0) is 0 Å². The number of hydrogen-bond donors (Lipinski definition) is 1. The molecule has 4 unspecified atom stereocenters. The summed E-state index contributed by atoms with van der Waals surface area (Å²) in [4.78, 5) is 7.92. The molecule has 3 nitrogen and oxygen atoms in total. The van der Waals surface area contributed by atoms with Gasteiger partial charge in [-0.3, -0.25) is 4.99 Å². The second kappa shape index (κ2) is 5.16. The largest absolute Gasteiger partial charge is 0.449 e. The first kappa shape index (κ1) is 14.6. The summed E-state index contributed by atoms with van der Waals surface area (Å²) < 4.78 is 38.2. The number of nitrogens with zero attached hydrogens (tertiary/aromatic N) is 2. The fraction of sp³-hybridized carbons (Fsp3) is 0.571. The third-order valence-corrected chi connectivity index (χ3v) is 4.51. The van der Waals surface area contributed by atoms with Gasteiger partial charge in [-0.05, 0) is 24.3 Å². The Hall–Kier alpha value is -1.30. The maximum absolute atomic E-state index is 12.7. The van der Waals surface area contributed by atoms with Gasteiger partial charge in [0.15, 0.2) is 0 Å². The Bertz CT molecular complexity index is 562. The van der Waals surface area contributed by atoms with Crippen molar-refractivity contribution in [3.63, 3.8) is 0 Å². The Balaban J connectivity index is 1.83. The molecular formula is C14H15ClF3N3. The molecule has 0 aromatic rings. The van der Waals surface area contributed by atoms with Gasteiger partial charge in [-0.25, -0.2) is 4.99 Å². The number of fused-ring (bicyclic) bond motifs is 1. The van der Waals surface area contributed by atoms with Crippen LogP contribution in [0, 0.1) is 11.8 Å². The normalized spacial score (nSPS) is 35.6. The van der Waals surface area contributed by atoms with Crippen LogP contribution in [0.4, 0.5) is 13.2 Å². The molecule has 7 heteroatoms. The zero-order chi connectivity index (χ0) is 15.2. The predicted octanol–water partition coefficient (Wildman–Crippen LogP) is 3.42. The van der Waals surface area contributed by atoms with Gasteiger partial charge in [-0.15, -0.1) is 11.6 Å². The molecule has 1 N–H and O–H groups in total. The maximum atomic E-state index is 12.7. The third-order valence-electron chi connectivity index (χ3n) is 4.15. The Kier molecular flexibility index (Phi) is 3.59. The van der Waals surface area contributed by atoms with E-state index in [0.717, 1.165) is 18.4 Å². The molecule has 2 aliphatic heterocycles. The van der Waals surface area contributed by atoms with E-state index in [0.29, 0.717) is 0 Å². The zero-order valence-electron chi connectivity index (χ0n) is 11.4. The molecule has 4 atom stereocenters. The van der Waals surface area contributed by atoms with Crippen LogP contribution in [0.2, 0.25) is 0 Å². The van der Waals surface area contributed by atoms with E-state index >= 15 is 0 Å². The van der Waals surface area contributed by atoms with Crippen molar-refractivity contribution in [2.75, 3.05) is 0 Å². The third kappa shape index (κ3) is 2.73. The van der Waals surface area contributed by atoms with Crippen molar-refractivity contribution in [2.24, 2.45) is 21.8 Å². The Morgan fingerprint density at radius 1 is 1.29 bits per heavy atom. The minimum atomic E-state index is -4.46. The first-order valence-electron chi connectivity index (χ1n) is 6.88. The molecule has 0 radical (unpaired) electrons. The highest BCUT2D eigenvalue weighted by Gasteiger charge is 2.45. The van der Waals surface area contributed by atoms with E-state index in [-0.39, 0.29) is 23.0 Å². The number of allylic oxidation sites excluding steroid dienone is 2. The Labute approximate surface area is 125 Å². The number of amidine groups is 2. The summed E-state index contributed by atoms with van der Waals surface area (Å²) >= 11 is 6.02. The van der Waals surface area contributed by atoms with Gasteiger partial charge in [0.25, 0.3) is 0 Å². The number of alkyl halides is 4. The number of nitrogens with one attached hydrogen (secondary N) is 1. The van der Waals surface area contributed by atoms with Crippen molar-refractivity contribution in [2.45, 2.75) is 37.4 Å². The van der Waals surface area contributed by atoms with Crippen molar-refractivity contribution < 1.29 is 13.2 Å². The molecular weight excluding hydrogens is 303 g/mol. The summed E-state index contributed by atoms with van der Waals surface area (Å²) in [6, 6.07) is -0.566. The van der Waals surface area contributed by atoms with Gasteiger partial charge in [0, 0.05) is 12.1 Å². The van der Waals surface area contributed by atoms with E-state index in [1.165, 1.54) is 0 Å². The first-order chi connectivity index (χ1) is 9.86. The molecule has 0 saturated heterocycles. The second-order valence-corrected chi connectivity index (χ2v) is 6.12. The molecule has 1 aliphatic carbocycles. The Morgan fingerprint density at radius 2 is 2.05 bits per heavy atom. The summed E-state index contributed by atoms with van der Waals surface area (Å²) in [6.07, 6.45) is 2.95. The van der Waals surface area contributed by atoms with Crippen molar-refractivity contribution in [1.82, 2.24) is 5.32 Å². The van der Waals surface area contributed by atoms with Crippen molar-refractivity contribution in [3.05, 3.63) is 23.9 Å². The lowest BCUT2D eigenvalue weighted by Crippen LogP contribution is -2.40. The van der Waals surface area contributed by atoms with Crippen LogP contribution in [0.25, 0.3) is 0 Å². The molecule has 0 amide bonds. The molecule has 2 heterocycles. The van der Waals surface area contributed by atoms with Gasteiger partial charge in [0.1, 0.15) is 11.9 Å². The SMILES string of the molecule is CC1C(C2C=CC(Cl)CC2)=CN=C2NC(C(F)(F)F)=NC21. The molecule has 3 rings (SSSR count). The number of rotatable bonds is 1. The van der Waals surface area contributed by atoms with Crippen LogP contribution in [-0.4, -0.2) is 29.3 Å². The van der Waals surface area contributed by atoms with E-state index in [1.54, 1.807) is 6.20 Å². The molecule has 0 spiro atoms. The van der Waals surface area contributed by atoms with E-state index in [9.17, 15) is 13.2 Å². The van der Waals surface area contributed by atoms with Crippen LogP contribution in [0.3, 0.4) is 0 Å². The second-order valence-electron chi connectivity index (χ2n) is 5.56. The minimum absolute atomic E-state index is 0.0443. The summed E-state index contributed by atoms with van der Waals surface area (Å²) in [5.74, 6) is -0.585. The summed E-state index contributed by atoms with van der Waals surface area (Å²) in [5, 5.41) is 2.33. The lowest BCUT2D eigenvalue weighted by Gasteiger charge is -2.30. The molecule has 0 saturated carbocycles. The minimum Gasteiger partial charge on any atom is -0.323 e.